The van der Waals surface area contributed by atoms with Gasteiger partial charge in [0.25, 0.3) is 0 Å². The Labute approximate surface area is 77.5 Å². The summed E-state index contributed by atoms with van der Waals surface area (Å²) in [4.78, 5) is 12.7. The lowest BCUT2D eigenvalue weighted by Crippen LogP contribution is -2.44. The van der Waals surface area contributed by atoms with Crippen LogP contribution >= 0.6 is 0 Å². The van der Waals surface area contributed by atoms with Crippen LogP contribution in [0.25, 0.3) is 0 Å². The van der Waals surface area contributed by atoms with E-state index in [-0.39, 0.29) is 12.7 Å². The van der Waals surface area contributed by atoms with E-state index in [9.17, 15) is 4.79 Å². The summed E-state index contributed by atoms with van der Waals surface area (Å²) in [5.41, 5.74) is 5.52. The van der Waals surface area contributed by atoms with Crippen LogP contribution in [0.2, 0.25) is 0 Å². The number of hydrogen-bond donors (Lipinski definition) is 2. The molecule has 0 aliphatic carbocycles. The number of methoxy groups -OCH3 is 1. The molecule has 0 radical (unpaired) electrons. The van der Waals surface area contributed by atoms with Crippen molar-refractivity contribution in [1.29, 1.82) is 0 Å². The standard InChI is InChI=1S/C8H16N2O3/c1-13-7(12)10-4-2-8(9,6-10)3-5-11/h11H,2-6,9H2,1H3. The highest BCUT2D eigenvalue weighted by Crippen LogP contribution is 2.22. The fraction of sp³-hybridized carbons (Fsp3) is 0.875. The van der Waals surface area contributed by atoms with Crippen LogP contribution < -0.4 is 5.73 Å². The summed E-state index contributed by atoms with van der Waals surface area (Å²) in [6.45, 7) is 1.15. The molecule has 1 aliphatic rings. The van der Waals surface area contributed by atoms with Gasteiger partial charge in [-0.15, -0.1) is 0 Å². The normalized spacial score (nSPS) is 27.8. The molecule has 13 heavy (non-hydrogen) atoms. The van der Waals surface area contributed by atoms with E-state index in [2.05, 4.69) is 4.74 Å². The Morgan fingerprint density at radius 3 is 3.00 bits per heavy atom. The van der Waals surface area contributed by atoms with Crippen LogP contribution in [0.3, 0.4) is 0 Å². The minimum Gasteiger partial charge on any atom is -0.453 e. The Kier molecular flexibility index (Phi) is 3.11. The van der Waals surface area contributed by atoms with Crippen molar-refractivity contribution < 1.29 is 14.6 Å². The maximum Gasteiger partial charge on any atom is 0.409 e. The van der Waals surface area contributed by atoms with Crippen LogP contribution in [0.5, 0.6) is 0 Å². The second-order valence-corrected chi connectivity index (χ2v) is 3.48. The van der Waals surface area contributed by atoms with Crippen LogP contribution in [0.1, 0.15) is 12.8 Å². The molecule has 1 aliphatic heterocycles. The Hall–Kier alpha value is -0.810. The molecule has 1 rings (SSSR count). The van der Waals surface area contributed by atoms with Gasteiger partial charge in [-0.2, -0.15) is 0 Å². The fourth-order valence-electron chi connectivity index (χ4n) is 1.61. The van der Waals surface area contributed by atoms with Gasteiger partial charge in [-0.3, -0.25) is 0 Å². The van der Waals surface area contributed by atoms with Crippen LogP contribution in [0.15, 0.2) is 0 Å². The van der Waals surface area contributed by atoms with Gasteiger partial charge >= 0.3 is 6.09 Å². The number of nitrogens with two attached hydrogens (primary N) is 1. The van der Waals surface area contributed by atoms with Crippen molar-refractivity contribution in [3.63, 3.8) is 0 Å². The first-order valence-corrected chi connectivity index (χ1v) is 4.34. The molecule has 3 N–H and O–H groups in total. The number of aliphatic hydroxyl groups is 1. The molecule has 5 heteroatoms. The van der Waals surface area contributed by atoms with Crippen molar-refractivity contribution in [2.45, 2.75) is 18.4 Å². The maximum atomic E-state index is 11.1. The maximum absolute atomic E-state index is 11.1. The van der Waals surface area contributed by atoms with Gasteiger partial charge in [0.05, 0.1) is 7.11 Å². The van der Waals surface area contributed by atoms with E-state index in [0.717, 1.165) is 6.42 Å². The van der Waals surface area contributed by atoms with Crippen LogP contribution in [-0.4, -0.2) is 48.4 Å². The highest BCUT2D eigenvalue weighted by Gasteiger charge is 2.36. The predicted molar refractivity (Wildman–Crippen MR) is 47.2 cm³/mol. The van der Waals surface area contributed by atoms with Crippen molar-refractivity contribution >= 4 is 6.09 Å². The number of aliphatic hydroxyl groups excluding tert-OH is 1. The number of ether oxygens (including phenoxy) is 1. The molecular weight excluding hydrogens is 172 g/mol. The SMILES string of the molecule is COC(=O)N1CCC(N)(CCO)C1. The molecule has 1 saturated heterocycles. The van der Waals surface area contributed by atoms with E-state index in [1.54, 1.807) is 4.90 Å². The number of amides is 1. The van der Waals surface area contributed by atoms with Gasteiger partial charge in [0.15, 0.2) is 0 Å². The molecular formula is C8H16N2O3. The summed E-state index contributed by atoms with van der Waals surface area (Å²) in [6, 6.07) is 0. The van der Waals surface area contributed by atoms with Gasteiger partial charge in [-0.05, 0) is 12.8 Å². The average molecular weight is 188 g/mol. The third-order valence-electron chi connectivity index (χ3n) is 2.43. The molecule has 1 unspecified atom stereocenters. The number of rotatable bonds is 2. The zero-order valence-electron chi connectivity index (χ0n) is 7.82. The lowest BCUT2D eigenvalue weighted by molar-refractivity contribution is 0.129. The van der Waals surface area contributed by atoms with Crippen LogP contribution in [-0.2, 0) is 4.74 Å². The van der Waals surface area contributed by atoms with Crippen molar-refractivity contribution in [1.82, 2.24) is 4.90 Å². The molecule has 1 amide bonds. The molecule has 1 atom stereocenters. The first-order chi connectivity index (χ1) is 6.11. The van der Waals surface area contributed by atoms with Crippen LogP contribution in [0, 0.1) is 0 Å². The van der Waals surface area contributed by atoms with E-state index in [1.807, 2.05) is 0 Å². The first kappa shape index (κ1) is 10.3. The number of carbonyl (C=O) groups excluding carboxylic acids is 1. The van der Waals surface area contributed by atoms with E-state index in [1.165, 1.54) is 7.11 Å². The van der Waals surface area contributed by atoms with Crippen molar-refractivity contribution in [2.75, 3.05) is 26.8 Å². The average Bonchev–Trinajstić information content (AvgIpc) is 2.47. The van der Waals surface area contributed by atoms with E-state index in [4.69, 9.17) is 10.8 Å². The monoisotopic (exact) mass is 188 g/mol. The predicted octanol–water partition coefficient (Wildman–Crippen LogP) is -0.462. The summed E-state index contributed by atoms with van der Waals surface area (Å²) < 4.78 is 4.57. The molecule has 76 valence electrons. The van der Waals surface area contributed by atoms with Gasteiger partial charge in [0.1, 0.15) is 0 Å². The topological polar surface area (TPSA) is 75.8 Å². The minimum absolute atomic E-state index is 0.0610. The van der Waals surface area contributed by atoms with Crippen molar-refractivity contribution in [3.8, 4) is 0 Å². The fourth-order valence-corrected chi connectivity index (χ4v) is 1.61. The number of likely N-dealkylation sites (tertiary alicyclic amines) is 1. The summed E-state index contributed by atoms with van der Waals surface area (Å²) in [6.07, 6.45) is 0.911. The van der Waals surface area contributed by atoms with Gasteiger partial charge in [0, 0.05) is 25.2 Å². The molecule has 1 fully saturated rings. The van der Waals surface area contributed by atoms with Crippen molar-refractivity contribution in [2.24, 2.45) is 5.73 Å². The molecule has 0 aromatic rings. The quantitative estimate of drug-likeness (QED) is 0.614. The molecule has 1 heterocycles. The summed E-state index contributed by atoms with van der Waals surface area (Å²) in [5, 5.41) is 8.76. The van der Waals surface area contributed by atoms with Crippen molar-refractivity contribution in [3.05, 3.63) is 0 Å². The first-order valence-electron chi connectivity index (χ1n) is 4.34. The molecule has 5 nitrogen and oxygen atoms in total. The summed E-state index contributed by atoms with van der Waals surface area (Å²) in [7, 11) is 1.35. The molecule has 0 aromatic carbocycles. The number of carbonyl (C=O) groups is 1. The summed E-state index contributed by atoms with van der Waals surface area (Å²) in [5.74, 6) is 0. The largest absolute Gasteiger partial charge is 0.453 e. The second-order valence-electron chi connectivity index (χ2n) is 3.48. The Bertz CT molecular complexity index is 198. The van der Waals surface area contributed by atoms with E-state index >= 15 is 0 Å². The van der Waals surface area contributed by atoms with E-state index < -0.39 is 5.54 Å². The molecule has 0 bridgehead atoms. The smallest absolute Gasteiger partial charge is 0.409 e. The van der Waals surface area contributed by atoms with Gasteiger partial charge < -0.3 is 20.5 Å². The van der Waals surface area contributed by atoms with Crippen LogP contribution in [0.4, 0.5) is 4.79 Å². The third-order valence-corrected chi connectivity index (χ3v) is 2.43. The molecule has 0 aromatic heterocycles. The highest BCUT2D eigenvalue weighted by atomic mass is 16.5. The lowest BCUT2D eigenvalue weighted by atomic mass is 9.96. The Balaban J connectivity index is 2.47. The lowest BCUT2D eigenvalue weighted by Gasteiger charge is -2.22. The Morgan fingerprint density at radius 1 is 1.77 bits per heavy atom. The zero-order valence-corrected chi connectivity index (χ0v) is 7.82. The third kappa shape index (κ3) is 2.32. The molecule has 0 spiro atoms. The van der Waals surface area contributed by atoms with Gasteiger partial charge in [-0.1, -0.05) is 0 Å². The summed E-state index contributed by atoms with van der Waals surface area (Å²) >= 11 is 0. The van der Waals surface area contributed by atoms with E-state index in [0.29, 0.717) is 19.5 Å². The second kappa shape index (κ2) is 3.93. The minimum atomic E-state index is -0.428. The Morgan fingerprint density at radius 2 is 2.46 bits per heavy atom. The molecule has 0 saturated carbocycles. The zero-order chi connectivity index (χ0) is 9.90. The highest BCUT2D eigenvalue weighted by molar-refractivity contribution is 5.68. The number of hydrogen-bond acceptors (Lipinski definition) is 4. The number of nitrogens with zero attached hydrogens (tertiary/aromatic N) is 1. The van der Waals surface area contributed by atoms with Gasteiger partial charge in [-0.25, -0.2) is 4.79 Å². The van der Waals surface area contributed by atoms with Gasteiger partial charge in [0.2, 0.25) is 0 Å².